The summed E-state index contributed by atoms with van der Waals surface area (Å²) in [6, 6.07) is 3.00. The highest BCUT2D eigenvalue weighted by atomic mass is 35.5. The Morgan fingerprint density at radius 1 is 1.41 bits per heavy atom. The number of anilines is 1. The minimum Gasteiger partial charge on any atom is -0.455 e. The molecule has 1 aromatic rings. The first-order valence-electron chi connectivity index (χ1n) is 6.51. The molecule has 0 heterocycles. The first-order chi connectivity index (χ1) is 10.2. The lowest BCUT2D eigenvalue weighted by atomic mass is 10.2. The van der Waals surface area contributed by atoms with Crippen LogP contribution in [-0.2, 0) is 20.5 Å². The average molecular weight is 336 g/mol. The van der Waals surface area contributed by atoms with Gasteiger partial charge in [-0.3, -0.25) is 9.59 Å². The molecule has 8 heteroatoms. The van der Waals surface area contributed by atoms with Crippen molar-refractivity contribution in [1.82, 2.24) is 0 Å². The molecule has 1 saturated carbocycles. The monoisotopic (exact) mass is 335 g/mol. The number of rotatable bonds is 4. The summed E-state index contributed by atoms with van der Waals surface area (Å²) in [6.45, 7) is 1.35. The third-order valence-electron chi connectivity index (χ3n) is 3.31. The molecule has 2 atom stereocenters. The van der Waals surface area contributed by atoms with Gasteiger partial charge in [0.15, 0.2) is 6.61 Å². The van der Waals surface area contributed by atoms with Crippen LogP contribution >= 0.6 is 11.6 Å². The number of ether oxygens (including phenoxy) is 1. The van der Waals surface area contributed by atoms with Gasteiger partial charge in [-0.2, -0.15) is 13.2 Å². The van der Waals surface area contributed by atoms with Crippen molar-refractivity contribution in [3.63, 3.8) is 0 Å². The SMILES string of the molecule is C[C@H]1C[C@H]1C(=O)OCC(=O)Nc1ccc(Cl)c(C(F)(F)F)c1. The highest BCUT2D eigenvalue weighted by molar-refractivity contribution is 6.31. The van der Waals surface area contributed by atoms with Gasteiger partial charge >= 0.3 is 12.1 Å². The van der Waals surface area contributed by atoms with E-state index in [1.54, 1.807) is 0 Å². The van der Waals surface area contributed by atoms with E-state index in [1.165, 1.54) is 6.07 Å². The zero-order valence-electron chi connectivity index (χ0n) is 11.5. The molecule has 120 valence electrons. The van der Waals surface area contributed by atoms with Crippen molar-refractivity contribution in [2.75, 3.05) is 11.9 Å². The van der Waals surface area contributed by atoms with Crippen molar-refractivity contribution in [3.8, 4) is 0 Å². The number of amides is 1. The zero-order valence-corrected chi connectivity index (χ0v) is 12.3. The van der Waals surface area contributed by atoms with E-state index in [2.05, 4.69) is 5.32 Å². The van der Waals surface area contributed by atoms with Gasteiger partial charge in [0.2, 0.25) is 0 Å². The van der Waals surface area contributed by atoms with Crippen molar-refractivity contribution in [2.24, 2.45) is 11.8 Å². The second-order valence-corrected chi connectivity index (χ2v) is 5.57. The van der Waals surface area contributed by atoms with Crippen molar-refractivity contribution in [1.29, 1.82) is 0 Å². The fraction of sp³-hybridized carbons (Fsp3) is 0.429. The molecule has 0 aliphatic heterocycles. The number of hydrogen-bond donors (Lipinski definition) is 1. The van der Waals surface area contributed by atoms with E-state index in [-0.39, 0.29) is 17.5 Å². The first-order valence-corrected chi connectivity index (χ1v) is 6.89. The molecule has 0 radical (unpaired) electrons. The van der Waals surface area contributed by atoms with Gasteiger partial charge in [0.25, 0.3) is 5.91 Å². The molecule has 0 aromatic heterocycles. The van der Waals surface area contributed by atoms with Gasteiger partial charge in [-0.25, -0.2) is 0 Å². The van der Waals surface area contributed by atoms with E-state index in [9.17, 15) is 22.8 Å². The quantitative estimate of drug-likeness (QED) is 0.857. The van der Waals surface area contributed by atoms with Gasteiger partial charge in [0.05, 0.1) is 16.5 Å². The third-order valence-corrected chi connectivity index (χ3v) is 3.64. The molecule has 1 aromatic carbocycles. The van der Waals surface area contributed by atoms with Crippen LogP contribution in [0.5, 0.6) is 0 Å². The number of benzene rings is 1. The van der Waals surface area contributed by atoms with Crippen LogP contribution in [0.15, 0.2) is 18.2 Å². The molecule has 0 saturated heterocycles. The molecule has 1 aliphatic carbocycles. The second-order valence-electron chi connectivity index (χ2n) is 5.17. The molecule has 1 fully saturated rings. The number of alkyl halides is 3. The largest absolute Gasteiger partial charge is 0.455 e. The molecular formula is C14H13ClF3NO3. The van der Waals surface area contributed by atoms with Crippen molar-refractivity contribution >= 4 is 29.2 Å². The second kappa shape index (κ2) is 6.16. The number of esters is 1. The van der Waals surface area contributed by atoms with Crippen LogP contribution in [0, 0.1) is 11.8 Å². The molecule has 1 aliphatic rings. The predicted molar refractivity (Wildman–Crippen MR) is 73.3 cm³/mol. The Morgan fingerprint density at radius 2 is 2.05 bits per heavy atom. The molecule has 0 unspecified atom stereocenters. The van der Waals surface area contributed by atoms with E-state index < -0.39 is 35.2 Å². The van der Waals surface area contributed by atoms with Crippen molar-refractivity contribution < 1.29 is 27.5 Å². The summed E-state index contributed by atoms with van der Waals surface area (Å²) in [5, 5.41) is 1.77. The summed E-state index contributed by atoms with van der Waals surface area (Å²) in [4.78, 5) is 23.0. The maximum Gasteiger partial charge on any atom is 0.417 e. The summed E-state index contributed by atoms with van der Waals surface area (Å²) < 4.78 is 42.9. The maximum absolute atomic E-state index is 12.7. The lowest BCUT2D eigenvalue weighted by molar-refractivity contribution is -0.148. The third kappa shape index (κ3) is 4.13. The molecule has 22 heavy (non-hydrogen) atoms. The molecule has 1 N–H and O–H groups in total. The van der Waals surface area contributed by atoms with Crippen LogP contribution in [0.2, 0.25) is 5.02 Å². The summed E-state index contributed by atoms with van der Waals surface area (Å²) in [5.74, 6) is -1.10. The van der Waals surface area contributed by atoms with Crippen molar-refractivity contribution in [2.45, 2.75) is 19.5 Å². The fourth-order valence-corrected chi connectivity index (χ4v) is 2.14. The molecular weight excluding hydrogens is 323 g/mol. The molecule has 4 nitrogen and oxygen atoms in total. The lowest BCUT2D eigenvalue weighted by Crippen LogP contribution is -2.22. The number of hydrogen-bond acceptors (Lipinski definition) is 3. The Labute approximate surface area is 129 Å². The van der Waals surface area contributed by atoms with Crippen LogP contribution in [0.1, 0.15) is 18.9 Å². The van der Waals surface area contributed by atoms with Crippen LogP contribution in [0.25, 0.3) is 0 Å². The van der Waals surface area contributed by atoms with Crippen LogP contribution in [-0.4, -0.2) is 18.5 Å². The Hall–Kier alpha value is -1.76. The van der Waals surface area contributed by atoms with E-state index in [1.807, 2.05) is 6.92 Å². The number of carbonyl (C=O) groups excluding carboxylic acids is 2. The van der Waals surface area contributed by atoms with Crippen LogP contribution < -0.4 is 5.32 Å². The number of carbonyl (C=O) groups is 2. The van der Waals surface area contributed by atoms with Gasteiger partial charge in [0.1, 0.15) is 0 Å². The highest BCUT2D eigenvalue weighted by Crippen LogP contribution is 2.38. The van der Waals surface area contributed by atoms with E-state index >= 15 is 0 Å². The van der Waals surface area contributed by atoms with E-state index in [0.717, 1.165) is 18.6 Å². The Bertz CT molecular complexity index is 603. The zero-order chi connectivity index (χ0) is 16.5. The number of halogens is 4. The summed E-state index contributed by atoms with van der Waals surface area (Å²) >= 11 is 5.47. The minimum atomic E-state index is -4.62. The lowest BCUT2D eigenvalue weighted by Gasteiger charge is -2.12. The standard InChI is InChI=1S/C14H13ClF3NO3/c1-7-4-9(7)13(21)22-6-12(20)19-8-2-3-11(15)10(5-8)14(16,17)18/h2-3,5,7,9H,4,6H2,1H3,(H,19,20)/t7-,9+/m0/s1. The van der Waals surface area contributed by atoms with E-state index in [4.69, 9.17) is 16.3 Å². The summed E-state index contributed by atoms with van der Waals surface area (Å²) in [5.41, 5.74) is -1.12. The average Bonchev–Trinajstić information content (AvgIpc) is 3.14. The Kier molecular flexibility index (Phi) is 4.65. The highest BCUT2D eigenvalue weighted by Gasteiger charge is 2.40. The minimum absolute atomic E-state index is 0.0717. The molecule has 0 bridgehead atoms. The molecule has 1 amide bonds. The van der Waals surface area contributed by atoms with Crippen LogP contribution in [0.3, 0.4) is 0 Å². The van der Waals surface area contributed by atoms with Crippen LogP contribution in [0.4, 0.5) is 18.9 Å². The maximum atomic E-state index is 12.7. The summed E-state index contributed by atoms with van der Waals surface area (Å²) in [6.07, 6.45) is -3.89. The molecule has 0 spiro atoms. The van der Waals surface area contributed by atoms with E-state index in [0.29, 0.717) is 0 Å². The van der Waals surface area contributed by atoms with Gasteiger partial charge in [0, 0.05) is 5.69 Å². The van der Waals surface area contributed by atoms with Gasteiger partial charge in [-0.15, -0.1) is 0 Å². The first kappa shape index (κ1) is 16.6. The van der Waals surface area contributed by atoms with Gasteiger partial charge in [-0.1, -0.05) is 18.5 Å². The Morgan fingerprint density at radius 3 is 2.59 bits per heavy atom. The molecule has 2 rings (SSSR count). The normalized spacial score (nSPS) is 20.4. The smallest absolute Gasteiger partial charge is 0.417 e. The summed E-state index contributed by atoms with van der Waals surface area (Å²) in [7, 11) is 0. The number of nitrogens with one attached hydrogen (secondary N) is 1. The fourth-order valence-electron chi connectivity index (χ4n) is 1.91. The van der Waals surface area contributed by atoms with Gasteiger partial charge < -0.3 is 10.1 Å². The van der Waals surface area contributed by atoms with Crippen molar-refractivity contribution in [3.05, 3.63) is 28.8 Å². The van der Waals surface area contributed by atoms with Gasteiger partial charge in [-0.05, 0) is 30.5 Å². The topological polar surface area (TPSA) is 55.4 Å². The Balaban J connectivity index is 1.93. The predicted octanol–water partition coefficient (Wildman–Crippen LogP) is 3.50.